The van der Waals surface area contributed by atoms with Gasteiger partial charge in [0.15, 0.2) is 0 Å². The third-order valence-corrected chi connectivity index (χ3v) is 3.87. The molecule has 0 aliphatic carbocycles. The number of nitrogens with one attached hydrogen (secondary N) is 1. The lowest BCUT2D eigenvalue weighted by molar-refractivity contribution is -0.117. The predicted octanol–water partition coefficient (Wildman–Crippen LogP) is 2.59. The van der Waals surface area contributed by atoms with Gasteiger partial charge in [-0.2, -0.15) is 0 Å². The van der Waals surface area contributed by atoms with Gasteiger partial charge in [0.2, 0.25) is 5.91 Å². The molecule has 1 aliphatic heterocycles. The van der Waals surface area contributed by atoms with E-state index in [9.17, 15) is 9.59 Å². The summed E-state index contributed by atoms with van der Waals surface area (Å²) in [7, 11) is 0. The molecule has 1 N–H and O–H groups in total. The minimum Gasteiger partial charge on any atom is -0.349 e. The van der Waals surface area contributed by atoms with Gasteiger partial charge in [-0.1, -0.05) is 13.8 Å². The third-order valence-electron chi connectivity index (χ3n) is 3.87. The Hall–Kier alpha value is -1.84. The normalized spacial score (nSPS) is 16.6. The molecule has 4 heteroatoms. The lowest BCUT2D eigenvalue weighted by Gasteiger charge is -2.18. The average molecular weight is 274 g/mol. The summed E-state index contributed by atoms with van der Waals surface area (Å²) in [6.45, 7) is 6.93. The minimum atomic E-state index is -0.0644. The summed E-state index contributed by atoms with van der Waals surface area (Å²) >= 11 is 0. The highest BCUT2D eigenvalue weighted by Crippen LogP contribution is 2.21. The topological polar surface area (TPSA) is 49.4 Å². The third kappa shape index (κ3) is 3.18. The molecule has 2 amide bonds. The van der Waals surface area contributed by atoms with Gasteiger partial charge < -0.3 is 10.2 Å². The van der Waals surface area contributed by atoms with Gasteiger partial charge in [-0.15, -0.1) is 0 Å². The fraction of sp³-hybridized carbons (Fsp3) is 0.500. The largest absolute Gasteiger partial charge is 0.349 e. The Balaban J connectivity index is 2.04. The Labute approximate surface area is 120 Å². The Morgan fingerprint density at radius 1 is 1.20 bits per heavy atom. The van der Waals surface area contributed by atoms with E-state index in [-0.39, 0.29) is 17.9 Å². The summed E-state index contributed by atoms with van der Waals surface area (Å²) in [5.74, 6) is 0.501. The van der Waals surface area contributed by atoms with Crippen LogP contribution in [0.4, 0.5) is 5.69 Å². The van der Waals surface area contributed by atoms with Crippen molar-refractivity contribution in [1.29, 1.82) is 0 Å². The zero-order valence-corrected chi connectivity index (χ0v) is 12.3. The van der Waals surface area contributed by atoms with Crippen LogP contribution in [0.2, 0.25) is 0 Å². The number of nitrogens with zero attached hydrogens (tertiary/aromatic N) is 1. The fourth-order valence-corrected chi connectivity index (χ4v) is 2.17. The highest BCUT2D eigenvalue weighted by molar-refractivity contribution is 5.97. The number of anilines is 1. The van der Waals surface area contributed by atoms with E-state index in [2.05, 4.69) is 19.2 Å². The summed E-state index contributed by atoms with van der Waals surface area (Å²) in [4.78, 5) is 25.5. The molecule has 1 atom stereocenters. The average Bonchev–Trinajstić information content (AvgIpc) is 2.85. The van der Waals surface area contributed by atoms with Crippen molar-refractivity contribution >= 4 is 17.5 Å². The quantitative estimate of drug-likeness (QED) is 0.917. The van der Waals surface area contributed by atoms with E-state index in [0.29, 0.717) is 17.9 Å². The molecule has 1 unspecified atom stereocenters. The van der Waals surface area contributed by atoms with Gasteiger partial charge in [0.25, 0.3) is 5.91 Å². The molecule has 1 saturated heterocycles. The standard InChI is InChI=1S/C16H22N2O2/c1-11(2)12(3)17-16(20)13-6-8-14(9-7-13)18-10-4-5-15(18)19/h6-9,11-12H,4-5,10H2,1-3H3,(H,17,20). The van der Waals surface area contributed by atoms with E-state index in [1.807, 2.05) is 19.1 Å². The lowest BCUT2D eigenvalue weighted by atomic mass is 10.1. The smallest absolute Gasteiger partial charge is 0.251 e. The van der Waals surface area contributed by atoms with Crippen LogP contribution in [0, 0.1) is 5.92 Å². The van der Waals surface area contributed by atoms with E-state index in [4.69, 9.17) is 0 Å². The van der Waals surface area contributed by atoms with Crippen molar-refractivity contribution in [3.63, 3.8) is 0 Å². The number of carbonyl (C=O) groups is 2. The number of amides is 2. The second kappa shape index (κ2) is 6.07. The van der Waals surface area contributed by atoms with Gasteiger partial charge in [0.1, 0.15) is 0 Å². The van der Waals surface area contributed by atoms with Crippen LogP contribution in [-0.2, 0) is 4.79 Å². The lowest BCUT2D eigenvalue weighted by Crippen LogP contribution is -2.36. The Morgan fingerprint density at radius 2 is 1.85 bits per heavy atom. The maximum absolute atomic E-state index is 12.1. The number of hydrogen-bond donors (Lipinski definition) is 1. The van der Waals surface area contributed by atoms with Gasteiger partial charge in [-0.05, 0) is 43.5 Å². The van der Waals surface area contributed by atoms with Crippen molar-refractivity contribution in [1.82, 2.24) is 5.32 Å². The van der Waals surface area contributed by atoms with Crippen LogP contribution in [0.15, 0.2) is 24.3 Å². The first-order chi connectivity index (χ1) is 9.49. The maximum atomic E-state index is 12.1. The van der Waals surface area contributed by atoms with Crippen LogP contribution < -0.4 is 10.2 Å². The first kappa shape index (κ1) is 14.6. The van der Waals surface area contributed by atoms with Crippen molar-refractivity contribution in [2.45, 2.75) is 39.7 Å². The molecular formula is C16H22N2O2. The second-order valence-electron chi connectivity index (χ2n) is 5.70. The predicted molar refractivity (Wildman–Crippen MR) is 79.8 cm³/mol. The number of rotatable bonds is 4. The summed E-state index contributed by atoms with van der Waals surface area (Å²) in [6, 6.07) is 7.39. The van der Waals surface area contributed by atoms with E-state index < -0.39 is 0 Å². The van der Waals surface area contributed by atoms with Crippen molar-refractivity contribution in [2.24, 2.45) is 5.92 Å². The number of carbonyl (C=O) groups excluding carboxylic acids is 2. The monoisotopic (exact) mass is 274 g/mol. The Bertz CT molecular complexity index is 494. The van der Waals surface area contributed by atoms with E-state index in [0.717, 1.165) is 18.7 Å². The first-order valence-corrected chi connectivity index (χ1v) is 7.20. The van der Waals surface area contributed by atoms with Crippen LogP contribution >= 0.6 is 0 Å². The summed E-state index contributed by atoms with van der Waals surface area (Å²) in [6.07, 6.45) is 1.53. The molecule has 1 aromatic rings. The SMILES string of the molecule is CC(C)C(C)NC(=O)c1ccc(N2CCCC2=O)cc1. The molecular weight excluding hydrogens is 252 g/mol. The van der Waals surface area contributed by atoms with Crippen LogP contribution in [0.1, 0.15) is 44.0 Å². The summed E-state index contributed by atoms with van der Waals surface area (Å²) in [5, 5.41) is 2.97. The molecule has 108 valence electrons. The van der Waals surface area contributed by atoms with Crippen molar-refractivity contribution in [2.75, 3.05) is 11.4 Å². The molecule has 0 saturated carbocycles. The molecule has 1 fully saturated rings. The van der Waals surface area contributed by atoms with Gasteiger partial charge in [-0.25, -0.2) is 0 Å². The van der Waals surface area contributed by atoms with Crippen LogP contribution in [0.5, 0.6) is 0 Å². The van der Waals surface area contributed by atoms with Crippen LogP contribution in [0.3, 0.4) is 0 Å². The first-order valence-electron chi connectivity index (χ1n) is 7.20. The summed E-state index contributed by atoms with van der Waals surface area (Å²) in [5.41, 5.74) is 1.51. The van der Waals surface area contributed by atoms with Crippen LogP contribution in [-0.4, -0.2) is 24.4 Å². The van der Waals surface area contributed by atoms with E-state index in [1.165, 1.54) is 0 Å². The zero-order chi connectivity index (χ0) is 14.7. The number of benzene rings is 1. The molecule has 0 spiro atoms. The molecule has 0 aromatic heterocycles. The molecule has 0 bridgehead atoms. The highest BCUT2D eigenvalue weighted by Gasteiger charge is 2.21. The van der Waals surface area contributed by atoms with Gasteiger partial charge >= 0.3 is 0 Å². The Morgan fingerprint density at radius 3 is 2.35 bits per heavy atom. The highest BCUT2D eigenvalue weighted by atomic mass is 16.2. The maximum Gasteiger partial charge on any atom is 0.251 e. The summed E-state index contributed by atoms with van der Waals surface area (Å²) < 4.78 is 0. The Kier molecular flexibility index (Phi) is 4.42. The van der Waals surface area contributed by atoms with Crippen LogP contribution in [0.25, 0.3) is 0 Å². The molecule has 1 aromatic carbocycles. The number of hydrogen-bond acceptors (Lipinski definition) is 2. The minimum absolute atomic E-state index is 0.0644. The van der Waals surface area contributed by atoms with Gasteiger partial charge in [0, 0.05) is 30.3 Å². The van der Waals surface area contributed by atoms with Gasteiger partial charge in [0.05, 0.1) is 0 Å². The van der Waals surface area contributed by atoms with Crippen molar-refractivity contribution in [3.8, 4) is 0 Å². The van der Waals surface area contributed by atoms with Crippen molar-refractivity contribution < 1.29 is 9.59 Å². The second-order valence-corrected chi connectivity index (χ2v) is 5.70. The molecule has 20 heavy (non-hydrogen) atoms. The fourth-order valence-electron chi connectivity index (χ4n) is 2.17. The van der Waals surface area contributed by atoms with Crippen molar-refractivity contribution in [3.05, 3.63) is 29.8 Å². The van der Waals surface area contributed by atoms with E-state index in [1.54, 1.807) is 17.0 Å². The molecule has 4 nitrogen and oxygen atoms in total. The molecule has 2 rings (SSSR count). The van der Waals surface area contributed by atoms with E-state index >= 15 is 0 Å². The molecule has 1 heterocycles. The molecule has 0 radical (unpaired) electrons. The molecule has 1 aliphatic rings. The zero-order valence-electron chi connectivity index (χ0n) is 12.3. The van der Waals surface area contributed by atoms with Gasteiger partial charge in [-0.3, -0.25) is 9.59 Å².